The van der Waals surface area contributed by atoms with Gasteiger partial charge in [-0.15, -0.1) is 0 Å². The molecule has 116 valence electrons. The van der Waals surface area contributed by atoms with Gasteiger partial charge in [0.2, 0.25) is 5.78 Å². The van der Waals surface area contributed by atoms with E-state index in [1.165, 1.54) is 6.07 Å². The summed E-state index contributed by atoms with van der Waals surface area (Å²) in [4.78, 5) is 27.3. The topological polar surface area (TPSA) is 88.8 Å². The zero-order valence-electron chi connectivity index (χ0n) is 12.0. The Morgan fingerprint density at radius 3 is 2.65 bits per heavy atom. The summed E-state index contributed by atoms with van der Waals surface area (Å²) in [7, 11) is 0. The summed E-state index contributed by atoms with van der Waals surface area (Å²) in [6, 6.07) is 9.65. The van der Waals surface area contributed by atoms with Crippen LogP contribution in [0.25, 0.3) is 0 Å². The number of furan rings is 1. The largest absolute Gasteiger partial charge is 0.465 e. The second-order valence-corrected chi connectivity index (χ2v) is 4.90. The molecule has 0 fully saturated rings. The first kappa shape index (κ1) is 14.8. The second kappa shape index (κ2) is 6.35. The molecule has 3 rings (SSSR count). The average molecular weight is 313 g/mol. The van der Waals surface area contributed by atoms with Gasteiger partial charge in [-0.2, -0.15) is 5.10 Å². The van der Waals surface area contributed by atoms with E-state index in [0.29, 0.717) is 17.1 Å². The number of rotatable bonds is 6. The third kappa shape index (κ3) is 3.39. The maximum Gasteiger partial charge on any atom is 0.265 e. The molecule has 0 radical (unpaired) electrons. The Hall–Kier alpha value is -3.09. The van der Waals surface area contributed by atoms with Gasteiger partial charge in [0.25, 0.3) is 5.78 Å². The third-order valence-electron chi connectivity index (χ3n) is 3.26. The van der Waals surface area contributed by atoms with Crippen molar-refractivity contribution in [1.29, 1.82) is 0 Å². The molecule has 0 spiro atoms. The van der Waals surface area contributed by atoms with E-state index in [1.807, 2.05) is 0 Å². The SMILES string of the molecule is O=C(Cc1ccc(Cc2ccccc2F)o1)C(=O)c1ncn[nH]1. The van der Waals surface area contributed by atoms with E-state index < -0.39 is 11.6 Å². The van der Waals surface area contributed by atoms with Crippen LogP contribution in [-0.4, -0.2) is 26.7 Å². The first-order valence-corrected chi connectivity index (χ1v) is 6.87. The van der Waals surface area contributed by atoms with Crippen molar-refractivity contribution in [3.05, 3.63) is 71.5 Å². The lowest BCUT2D eigenvalue weighted by Crippen LogP contribution is -2.17. The van der Waals surface area contributed by atoms with E-state index >= 15 is 0 Å². The third-order valence-corrected chi connectivity index (χ3v) is 3.26. The molecule has 0 bridgehead atoms. The minimum atomic E-state index is -0.755. The van der Waals surface area contributed by atoms with Crippen LogP contribution in [0.5, 0.6) is 0 Å². The summed E-state index contributed by atoms with van der Waals surface area (Å²) in [6.45, 7) is 0. The van der Waals surface area contributed by atoms with Gasteiger partial charge in [-0.05, 0) is 23.8 Å². The Labute approximate surface area is 130 Å². The lowest BCUT2D eigenvalue weighted by molar-refractivity contribution is -0.114. The lowest BCUT2D eigenvalue weighted by atomic mass is 10.1. The Morgan fingerprint density at radius 2 is 1.91 bits per heavy atom. The van der Waals surface area contributed by atoms with Gasteiger partial charge in [-0.3, -0.25) is 14.7 Å². The molecule has 6 nitrogen and oxygen atoms in total. The van der Waals surface area contributed by atoms with Gasteiger partial charge >= 0.3 is 0 Å². The molecular weight excluding hydrogens is 301 g/mol. The number of aromatic amines is 1. The van der Waals surface area contributed by atoms with Crippen molar-refractivity contribution in [2.45, 2.75) is 12.8 Å². The van der Waals surface area contributed by atoms with Crippen molar-refractivity contribution >= 4 is 11.6 Å². The normalized spacial score (nSPS) is 10.7. The Morgan fingerprint density at radius 1 is 1.13 bits per heavy atom. The molecule has 0 saturated carbocycles. The van der Waals surface area contributed by atoms with Crippen LogP contribution in [-0.2, 0) is 17.6 Å². The van der Waals surface area contributed by atoms with Crippen molar-refractivity contribution in [1.82, 2.24) is 15.2 Å². The first-order valence-electron chi connectivity index (χ1n) is 6.87. The number of carbonyl (C=O) groups excluding carboxylic acids is 2. The maximum atomic E-state index is 13.6. The summed E-state index contributed by atoms with van der Waals surface area (Å²) >= 11 is 0. The molecule has 0 aliphatic heterocycles. The molecule has 0 aliphatic carbocycles. The number of carbonyl (C=O) groups is 2. The second-order valence-electron chi connectivity index (χ2n) is 4.90. The van der Waals surface area contributed by atoms with Gasteiger partial charge < -0.3 is 4.42 Å². The van der Waals surface area contributed by atoms with E-state index in [1.54, 1.807) is 30.3 Å². The number of H-pyrrole nitrogens is 1. The molecule has 0 unspecified atom stereocenters. The highest BCUT2D eigenvalue weighted by atomic mass is 19.1. The average Bonchev–Trinajstić information content (AvgIpc) is 3.21. The fourth-order valence-electron chi connectivity index (χ4n) is 2.13. The van der Waals surface area contributed by atoms with Crippen LogP contribution in [0, 0.1) is 5.82 Å². The number of nitrogens with zero attached hydrogens (tertiary/aromatic N) is 2. The number of ketones is 2. The van der Waals surface area contributed by atoms with Crippen molar-refractivity contribution in [2.75, 3.05) is 0 Å². The van der Waals surface area contributed by atoms with Gasteiger partial charge in [0.1, 0.15) is 23.7 Å². The van der Waals surface area contributed by atoms with Crippen molar-refractivity contribution < 1.29 is 18.4 Å². The fourth-order valence-corrected chi connectivity index (χ4v) is 2.13. The lowest BCUT2D eigenvalue weighted by Gasteiger charge is -2.00. The Balaban J connectivity index is 1.67. The molecule has 1 N–H and O–H groups in total. The summed E-state index contributed by atoms with van der Waals surface area (Å²) in [5, 5.41) is 5.87. The van der Waals surface area contributed by atoms with Crippen LogP contribution in [0.1, 0.15) is 27.7 Å². The minimum absolute atomic E-state index is 0.104. The van der Waals surface area contributed by atoms with Crippen LogP contribution in [0.4, 0.5) is 4.39 Å². The standard InChI is InChI=1S/C16H12FN3O3/c17-13-4-2-1-3-10(13)7-11-5-6-12(23-11)8-14(21)15(22)16-18-9-19-20-16/h1-6,9H,7-8H2,(H,18,19,20). The number of aromatic nitrogens is 3. The fraction of sp³-hybridized carbons (Fsp3) is 0.125. The van der Waals surface area contributed by atoms with Gasteiger partial charge in [-0.25, -0.2) is 9.37 Å². The zero-order valence-corrected chi connectivity index (χ0v) is 12.0. The number of hydrogen-bond acceptors (Lipinski definition) is 5. The highest BCUT2D eigenvalue weighted by Gasteiger charge is 2.20. The Bertz CT molecular complexity index is 840. The quantitative estimate of drug-likeness (QED) is 0.556. The molecule has 0 aliphatic rings. The number of hydrogen-bond donors (Lipinski definition) is 1. The number of halogens is 1. The Kier molecular flexibility index (Phi) is 4.09. The number of Topliss-reactive ketones (excluding diaryl/α,β-unsaturated/α-hetero) is 2. The predicted molar refractivity (Wildman–Crippen MR) is 77.3 cm³/mol. The van der Waals surface area contributed by atoms with E-state index in [4.69, 9.17) is 4.42 Å². The monoisotopic (exact) mass is 313 g/mol. The molecule has 1 aromatic carbocycles. The number of nitrogens with one attached hydrogen (secondary N) is 1. The smallest absolute Gasteiger partial charge is 0.265 e. The highest BCUT2D eigenvalue weighted by molar-refractivity contribution is 6.42. The minimum Gasteiger partial charge on any atom is -0.465 e. The van der Waals surface area contributed by atoms with Crippen molar-refractivity contribution in [2.24, 2.45) is 0 Å². The highest BCUT2D eigenvalue weighted by Crippen LogP contribution is 2.16. The first-order chi connectivity index (χ1) is 11.1. The van der Waals surface area contributed by atoms with Gasteiger partial charge in [0.05, 0.1) is 6.42 Å². The summed E-state index contributed by atoms with van der Waals surface area (Å²) in [5.74, 6) is -0.975. The zero-order chi connectivity index (χ0) is 16.2. The van der Waals surface area contributed by atoms with E-state index in [0.717, 1.165) is 6.33 Å². The predicted octanol–water partition coefficient (Wildman–Crippen LogP) is 2.12. The molecule has 0 amide bonds. The van der Waals surface area contributed by atoms with Gasteiger partial charge in [-0.1, -0.05) is 18.2 Å². The molecule has 0 saturated heterocycles. The molecule has 23 heavy (non-hydrogen) atoms. The van der Waals surface area contributed by atoms with Crippen LogP contribution in [0.15, 0.2) is 47.1 Å². The van der Waals surface area contributed by atoms with Gasteiger partial charge in [0, 0.05) is 6.42 Å². The van der Waals surface area contributed by atoms with Crippen LogP contribution < -0.4 is 0 Å². The molecular formula is C16H12FN3O3. The summed E-state index contributed by atoms with van der Waals surface area (Å²) < 4.78 is 19.1. The summed E-state index contributed by atoms with van der Waals surface area (Å²) in [5.41, 5.74) is 0.498. The van der Waals surface area contributed by atoms with E-state index in [2.05, 4.69) is 15.2 Å². The summed E-state index contributed by atoms with van der Waals surface area (Å²) in [6.07, 6.45) is 1.24. The molecule has 3 aromatic rings. The van der Waals surface area contributed by atoms with Crippen molar-refractivity contribution in [3.8, 4) is 0 Å². The van der Waals surface area contributed by atoms with E-state index in [9.17, 15) is 14.0 Å². The molecule has 2 aromatic heterocycles. The van der Waals surface area contributed by atoms with Crippen LogP contribution in [0.3, 0.4) is 0 Å². The van der Waals surface area contributed by atoms with Crippen LogP contribution >= 0.6 is 0 Å². The van der Waals surface area contributed by atoms with Crippen molar-refractivity contribution in [3.63, 3.8) is 0 Å². The van der Waals surface area contributed by atoms with E-state index in [-0.39, 0.29) is 24.5 Å². The molecule has 7 heteroatoms. The van der Waals surface area contributed by atoms with Crippen LogP contribution in [0.2, 0.25) is 0 Å². The van der Waals surface area contributed by atoms with Gasteiger partial charge in [0.15, 0.2) is 5.82 Å². The number of benzene rings is 1. The molecule has 2 heterocycles. The molecule has 0 atom stereocenters. The maximum absolute atomic E-state index is 13.6.